The molecule has 0 spiro atoms. The number of thiophene rings is 1. The zero-order valence-electron chi connectivity index (χ0n) is 10.3. The molecule has 2 rings (SSSR count). The van der Waals surface area contributed by atoms with Gasteiger partial charge in [-0.3, -0.25) is 0 Å². The summed E-state index contributed by atoms with van der Waals surface area (Å²) in [5.74, 6) is -1.50. The maximum absolute atomic E-state index is 13.9. The highest BCUT2D eigenvalue weighted by molar-refractivity contribution is 7.07. The van der Waals surface area contributed by atoms with E-state index in [-0.39, 0.29) is 6.04 Å². The van der Waals surface area contributed by atoms with Crippen LogP contribution in [0.1, 0.15) is 22.7 Å². The average molecular weight is 267 g/mol. The van der Waals surface area contributed by atoms with Gasteiger partial charge in [0.25, 0.3) is 0 Å². The maximum Gasteiger partial charge on any atom is 0.163 e. The van der Waals surface area contributed by atoms with E-state index in [1.54, 1.807) is 37.4 Å². The Hall–Kier alpha value is -1.26. The predicted octanol–water partition coefficient (Wildman–Crippen LogP) is 3.84. The van der Waals surface area contributed by atoms with Crippen LogP contribution in [0.2, 0.25) is 0 Å². The molecule has 1 N–H and O–H groups in total. The van der Waals surface area contributed by atoms with Gasteiger partial charge in [0, 0.05) is 11.6 Å². The molecule has 2 aromatic rings. The number of rotatable bonds is 4. The normalized spacial score (nSPS) is 12.7. The van der Waals surface area contributed by atoms with Gasteiger partial charge in [-0.15, -0.1) is 0 Å². The fourth-order valence-corrected chi connectivity index (χ4v) is 2.62. The van der Waals surface area contributed by atoms with Gasteiger partial charge in [0.05, 0.1) is 0 Å². The first-order valence-electron chi connectivity index (χ1n) is 5.76. The fourth-order valence-electron chi connectivity index (χ4n) is 1.94. The summed E-state index contributed by atoms with van der Waals surface area (Å²) in [5, 5.41) is 7.04. The highest BCUT2D eigenvalue weighted by Crippen LogP contribution is 2.25. The molecule has 0 saturated heterocycles. The van der Waals surface area contributed by atoms with E-state index in [4.69, 9.17) is 0 Å². The van der Waals surface area contributed by atoms with Crippen molar-refractivity contribution >= 4 is 11.3 Å². The van der Waals surface area contributed by atoms with Crippen LogP contribution in [0.3, 0.4) is 0 Å². The van der Waals surface area contributed by atoms with Crippen LogP contribution in [0.4, 0.5) is 8.78 Å². The Labute approximate surface area is 109 Å². The largest absolute Gasteiger partial charge is 0.313 e. The Kier molecular flexibility index (Phi) is 4.09. The van der Waals surface area contributed by atoms with Crippen molar-refractivity contribution in [1.29, 1.82) is 0 Å². The van der Waals surface area contributed by atoms with Crippen molar-refractivity contribution in [2.75, 3.05) is 7.05 Å². The molecule has 1 aromatic heterocycles. The van der Waals surface area contributed by atoms with E-state index in [1.807, 2.05) is 16.8 Å². The molecule has 1 unspecified atom stereocenters. The Morgan fingerprint density at radius 2 is 2.00 bits per heavy atom. The molecule has 0 fully saturated rings. The monoisotopic (exact) mass is 267 g/mol. The first-order chi connectivity index (χ1) is 8.63. The number of halogens is 2. The predicted molar refractivity (Wildman–Crippen MR) is 70.9 cm³/mol. The van der Waals surface area contributed by atoms with Crippen molar-refractivity contribution in [1.82, 2.24) is 5.32 Å². The first-order valence-corrected chi connectivity index (χ1v) is 6.70. The van der Waals surface area contributed by atoms with Gasteiger partial charge in [-0.05, 0) is 48.3 Å². The second-order valence-electron chi connectivity index (χ2n) is 4.28. The average Bonchev–Trinajstić information content (AvgIpc) is 2.87. The van der Waals surface area contributed by atoms with Gasteiger partial charge in [0.15, 0.2) is 11.6 Å². The summed E-state index contributed by atoms with van der Waals surface area (Å²) in [6, 6.07) is 5.06. The van der Waals surface area contributed by atoms with Crippen molar-refractivity contribution in [2.24, 2.45) is 0 Å². The second kappa shape index (κ2) is 5.59. The lowest BCUT2D eigenvalue weighted by molar-refractivity contribution is 0.469. The number of hydrogen-bond donors (Lipinski definition) is 1. The third-order valence-electron chi connectivity index (χ3n) is 3.05. The molecule has 0 radical (unpaired) electrons. The van der Waals surface area contributed by atoms with Crippen molar-refractivity contribution in [3.8, 4) is 0 Å². The summed E-state index contributed by atoms with van der Waals surface area (Å²) in [4.78, 5) is 0. The van der Waals surface area contributed by atoms with E-state index in [0.717, 1.165) is 5.56 Å². The Balaban J connectivity index is 2.30. The van der Waals surface area contributed by atoms with Crippen LogP contribution in [0.25, 0.3) is 0 Å². The van der Waals surface area contributed by atoms with Crippen LogP contribution in [-0.2, 0) is 6.42 Å². The number of hydrogen-bond acceptors (Lipinski definition) is 2. The van der Waals surface area contributed by atoms with Crippen molar-refractivity contribution in [3.63, 3.8) is 0 Å². The minimum atomic E-state index is -0.752. The number of aryl methyl sites for hydroxylation is 1. The zero-order chi connectivity index (χ0) is 13.1. The topological polar surface area (TPSA) is 12.0 Å². The van der Waals surface area contributed by atoms with Gasteiger partial charge in [0.1, 0.15) is 0 Å². The van der Waals surface area contributed by atoms with Crippen molar-refractivity contribution in [3.05, 3.63) is 57.3 Å². The molecule has 0 aliphatic heterocycles. The van der Waals surface area contributed by atoms with Crippen LogP contribution in [0.5, 0.6) is 0 Å². The molecule has 0 bridgehead atoms. The van der Waals surface area contributed by atoms with E-state index in [2.05, 4.69) is 5.32 Å². The molecule has 1 nitrogen and oxygen atoms in total. The molecule has 1 atom stereocenters. The van der Waals surface area contributed by atoms with Gasteiger partial charge in [0.2, 0.25) is 0 Å². The fraction of sp³-hybridized carbons (Fsp3) is 0.286. The molecule has 96 valence electrons. The number of benzene rings is 1. The van der Waals surface area contributed by atoms with Gasteiger partial charge in [-0.2, -0.15) is 11.3 Å². The standard InChI is InChI=1S/C14H15F2NS/c1-9-3-4-11(14(16)13(9)15)12(17-2)7-10-5-6-18-8-10/h3-6,8,12,17H,7H2,1-2H3. The molecule has 4 heteroatoms. The Bertz CT molecular complexity index is 523. The van der Waals surface area contributed by atoms with Gasteiger partial charge in [-0.25, -0.2) is 8.78 Å². The lowest BCUT2D eigenvalue weighted by Crippen LogP contribution is -2.20. The van der Waals surface area contributed by atoms with Crippen LogP contribution >= 0.6 is 11.3 Å². The zero-order valence-corrected chi connectivity index (χ0v) is 11.2. The third kappa shape index (κ3) is 2.60. The van der Waals surface area contributed by atoms with Crippen molar-refractivity contribution in [2.45, 2.75) is 19.4 Å². The van der Waals surface area contributed by atoms with E-state index >= 15 is 0 Å². The summed E-state index contributed by atoms with van der Waals surface area (Å²) in [7, 11) is 1.76. The quantitative estimate of drug-likeness (QED) is 0.887. The summed E-state index contributed by atoms with van der Waals surface area (Å²) in [6.45, 7) is 1.56. The molecule has 0 amide bonds. The minimum Gasteiger partial charge on any atom is -0.313 e. The molecule has 1 heterocycles. The lowest BCUT2D eigenvalue weighted by atomic mass is 9.98. The lowest BCUT2D eigenvalue weighted by Gasteiger charge is -2.17. The molecular weight excluding hydrogens is 252 g/mol. The molecule has 0 aliphatic carbocycles. The van der Waals surface area contributed by atoms with Crippen molar-refractivity contribution < 1.29 is 8.78 Å². The van der Waals surface area contributed by atoms with E-state index in [0.29, 0.717) is 17.5 Å². The third-order valence-corrected chi connectivity index (χ3v) is 3.78. The highest BCUT2D eigenvalue weighted by Gasteiger charge is 2.18. The second-order valence-corrected chi connectivity index (χ2v) is 5.06. The number of nitrogens with one attached hydrogen (secondary N) is 1. The molecular formula is C14H15F2NS. The van der Waals surface area contributed by atoms with E-state index < -0.39 is 11.6 Å². The van der Waals surface area contributed by atoms with Crippen LogP contribution in [0.15, 0.2) is 29.0 Å². The highest BCUT2D eigenvalue weighted by atomic mass is 32.1. The number of likely N-dealkylation sites (N-methyl/N-ethyl adjacent to an activating group) is 1. The van der Waals surface area contributed by atoms with E-state index in [1.165, 1.54) is 0 Å². The van der Waals surface area contributed by atoms with Crippen LogP contribution in [0, 0.1) is 18.6 Å². The minimum absolute atomic E-state index is 0.213. The Morgan fingerprint density at radius 3 is 2.61 bits per heavy atom. The van der Waals surface area contributed by atoms with Gasteiger partial charge in [-0.1, -0.05) is 12.1 Å². The molecule has 0 saturated carbocycles. The molecule has 18 heavy (non-hydrogen) atoms. The Morgan fingerprint density at radius 1 is 1.22 bits per heavy atom. The first kappa shape index (κ1) is 13.2. The van der Waals surface area contributed by atoms with Crippen LogP contribution in [-0.4, -0.2) is 7.05 Å². The van der Waals surface area contributed by atoms with Crippen LogP contribution < -0.4 is 5.32 Å². The maximum atomic E-state index is 13.9. The SMILES string of the molecule is CNC(Cc1ccsc1)c1ccc(C)c(F)c1F. The van der Waals surface area contributed by atoms with Gasteiger partial charge < -0.3 is 5.32 Å². The smallest absolute Gasteiger partial charge is 0.163 e. The summed E-state index contributed by atoms with van der Waals surface area (Å²) in [5.41, 5.74) is 1.84. The molecule has 0 aliphatic rings. The summed E-state index contributed by atoms with van der Waals surface area (Å²) < 4.78 is 27.5. The summed E-state index contributed by atoms with van der Waals surface area (Å²) in [6.07, 6.45) is 0.652. The summed E-state index contributed by atoms with van der Waals surface area (Å²) >= 11 is 1.60. The van der Waals surface area contributed by atoms with E-state index in [9.17, 15) is 8.78 Å². The molecule has 1 aromatic carbocycles. The van der Waals surface area contributed by atoms with Gasteiger partial charge >= 0.3 is 0 Å².